The van der Waals surface area contributed by atoms with Crippen LogP contribution in [-0.4, -0.2) is 41.1 Å². The van der Waals surface area contributed by atoms with E-state index in [0.717, 1.165) is 42.0 Å². The number of rotatable bonds is 7. The fourth-order valence-electron chi connectivity index (χ4n) is 4.94. The number of methoxy groups -OCH3 is 1. The van der Waals surface area contributed by atoms with E-state index in [9.17, 15) is 9.59 Å². The van der Waals surface area contributed by atoms with Crippen molar-refractivity contribution in [2.75, 3.05) is 13.7 Å². The Hall–Kier alpha value is -3.45. The fraction of sp³-hybridized carbons (Fsp3) is 0.321. The van der Waals surface area contributed by atoms with Crippen LogP contribution >= 0.6 is 11.3 Å². The molecule has 0 unspecified atom stereocenters. The molecule has 1 aromatic heterocycles. The lowest BCUT2D eigenvalue weighted by Crippen LogP contribution is -2.32. The molecule has 2 aliphatic rings. The molecule has 2 atom stereocenters. The van der Waals surface area contributed by atoms with Crippen LogP contribution in [0.25, 0.3) is 0 Å². The van der Waals surface area contributed by atoms with Gasteiger partial charge in [-0.15, -0.1) is 11.3 Å². The predicted octanol–water partition coefficient (Wildman–Crippen LogP) is 5.58. The Bertz CT molecular complexity index is 1190. The third-order valence-electron chi connectivity index (χ3n) is 6.77. The molecule has 35 heavy (non-hydrogen) atoms. The van der Waals surface area contributed by atoms with Crippen LogP contribution < -0.4 is 4.74 Å². The summed E-state index contributed by atoms with van der Waals surface area (Å²) in [6, 6.07) is 21.8. The van der Waals surface area contributed by atoms with Gasteiger partial charge in [0, 0.05) is 30.7 Å². The zero-order chi connectivity index (χ0) is 24.2. The summed E-state index contributed by atoms with van der Waals surface area (Å²) in [5, 5.41) is 8.37. The Kier molecular flexibility index (Phi) is 6.95. The molecule has 0 saturated carbocycles. The van der Waals surface area contributed by atoms with Crippen molar-refractivity contribution in [2.45, 2.75) is 44.2 Å². The highest BCUT2D eigenvalue weighted by molar-refractivity contribution is 7.10. The molecule has 6 nitrogen and oxygen atoms in total. The van der Waals surface area contributed by atoms with E-state index in [1.54, 1.807) is 23.5 Å². The summed E-state index contributed by atoms with van der Waals surface area (Å²) >= 11 is 1.69. The van der Waals surface area contributed by atoms with Crippen LogP contribution in [0.4, 0.5) is 0 Å². The van der Waals surface area contributed by atoms with Crippen LogP contribution in [0, 0.1) is 0 Å². The molecule has 3 heterocycles. The molecule has 1 fully saturated rings. The minimum absolute atomic E-state index is 0.0432. The number of amides is 2. The number of thiophene rings is 1. The Balaban J connectivity index is 1.31. The first-order valence-corrected chi connectivity index (χ1v) is 12.9. The fourth-order valence-corrected chi connectivity index (χ4v) is 5.82. The summed E-state index contributed by atoms with van der Waals surface area (Å²) in [7, 11) is 1.64. The number of ether oxygens (including phenoxy) is 1. The molecule has 5 rings (SSSR count). The standard InChI is InChI=1S/C28H29N3O3S/c1-34-22-13-11-21(12-14-22)25-19-23(20-7-3-2-4-8-20)29-31(25)28(33)16-15-27(32)30-17-5-9-24(30)26-10-6-18-35-26/h2-4,6-8,10-14,18,24-25H,5,9,15-17,19H2,1H3/t24-,25+/m0/s1. The van der Waals surface area contributed by atoms with Gasteiger partial charge in [0.15, 0.2) is 0 Å². The molecule has 0 aliphatic carbocycles. The van der Waals surface area contributed by atoms with E-state index in [4.69, 9.17) is 9.84 Å². The number of hydrogen-bond acceptors (Lipinski definition) is 5. The van der Waals surface area contributed by atoms with Crippen LogP contribution in [0.5, 0.6) is 5.75 Å². The van der Waals surface area contributed by atoms with Gasteiger partial charge in [0.2, 0.25) is 11.8 Å². The lowest BCUT2D eigenvalue weighted by molar-refractivity contribution is -0.138. The van der Waals surface area contributed by atoms with E-state index < -0.39 is 0 Å². The second-order valence-electron chi connectivity index (χ2n) is 8.90. The van der Waals surface area contributed by atoms with Gasteiger partial charge in [0.25, 0.3) is 0 Å². The van der Waals surface area contributed by atoms with Crippen molar-refractivity contribution in [3.8, 4) is 5.75 Å². The zero-order valence-electron chi connectivity index (χ0n) is 19.8. The van der Waals surface area contributed by atoms with E-state index in [1.807, 2.05) is 65.6 Å². The molecule has 2 aromatic carbocycles. The maximum atomic E-state index is 13.4. The molecule has 2 amide bonds. The van der Waals surface area contributed by atoms with Crippen LogP contribution in [0.2, 0.25) is 0 Å². The molecule has 1 saturated heterocycles. The van der Waals surface area contributed by atoms with Crippen LogP contribution in [-0.2, 0) is 9.59 Å². The molecule has 0 radical (unpaired) electrons. The number of hydrazone groups is 1. The second kappa shape index (κ2) is 10.4. The van der Waals surface area contributed by atoms with Crippen molar-refractivity contribution in [3.05, 3.63) is 88.1 Å². The predicted molar refractivity (Wildman–Crippen MR) is 137 cm³/mol. The van der Waals surface area contributed by atoms with Crippen molar-refractivity contribution in [1.29, 1.82) is 0 Å². The molecule has 2 aliphatic heterocycles. The first-order valence-electron chi connectivity index (χ1n) is 12.1. The van der Waals surface area contributed by atoms with Gasteiger partial charge in [-0.3, -0.25) is 9.59 Å². The molecule has 0 spiro atoms. The van der Waals surface area contributed by atoms with Gasteiger partial charge < -0.3 is 9.64 Å². The first kappa shape index (κ1) is 23.3. The van der Waals surface area contributed by atoms with Crippen LogP contribution in [0.15, 0.2) is 77.2 Å². The van der Waals surface area contributed by atoms with Gasteiger partial charge in [-0.2, -0.15) is 5.10 Å². The number of carbonyl (C=O) groups is 2. The smallest absolute Gasteiger partial charge is 0.243 e. The van der Waals surface area contributed by atoms with Crippen molar-refractivity contribution >= 4 is 28.9 Å². The number of benzene rings is 2. The summed E-state index contributed by atoms with van der Waals surface area (Å²) < 4.78 is 5.30. The van der Waals surface area contributed by atoms with Gasteiger partial charge in [-0.05, 0) is 47.5 Å². The minimum atomic E-state index is -0.204. The molecular formula is C28H29N3O3S. The van der Waals surface area contributed by atoms with Crippen molar-refractivity contribution < 1.29 is 14.3 Å². The highest BCUT2D eigenvalue weighted by Crippen LogP contribution is 2.36. The van der Waals surface area contributed by atoms with Crippen molar-refractivity contribution in [2.24, 2.45) is 5.10 Å². The normalized spacial score (nSPS) is 19.6. The SMILES string of the molecule is COc1ccc([C@H]2CC(c3ccccc3)=NN2C(=O)CCC(=O)N2CCC[C@H]2c2cccs2)cc1. The monoisotopic (exact) mass is 487 g/mol. The Morgan fingerprint density at radius 2 is 1.74 bits per heavy atom. The Morgan fingerprint density at radius 1 is 0.971 bits per heavy atom. The lowest BCUT2D eigenvalue weighted by Gasteiger charge is -2.25. The maximum Gasteiger partial charge on any atom is 0.243 e. The molecule has 0 bridgehead atoms. The van der Waals surface area contributed by atoms with Gasteiger partial charge in [0.05, 0.1) is 24.9 Å². The highest BCUT2D eigenvalue weighted by atomic mass is 32.1. The van der Waals surface area contributed by atoms with Crippen LogP contribution in [0.3, 0.4) is 0 Å². The van der Waals surface area contributed by atoms with Gasteiger partial charge in [-0.1, -0.05) is 48.5 Å². The van der Waals surface area contributed by atoms with E-state index in [2.05, 4.69) is 11.4 Å². The molecule has 180 valence electrons. The summed E-state index contributed by atoms with van der Waals surface area (Å²) in [5.41, 5.74) is 2.88. The second-order valence-corrected chi connectivity index (χ2v) is 9.88. The van der Waals surface area contributed by atoms with Crippen LogP contribution in [0.1, 0.15) is 60.2 Å². The number of likely N-dealkylation sites (tertiary alicyclic amines) is 1. The molecule has 7 heteroatoms. The summed E-state index contributed by atoms with van der Waals surface area (Å²) in [6.45, 7) is 0.754. The summed E-state index contributed by atoms with van der Waals surface area (Å²) in [5.74, 6) is 0.684. The quantitative estimate of drug-likeness (QED) is 0.437. The molecule has 0 N–H and O–H groups in total. The van der Waals surface area contributed by atoms with E-state index in [-0.39, 0.29) is 36.7 Å². The summed E-state index contributed by atoms with van der Waals surface area (Å²) in [6.07, 6.45) is 2.95. The number of carbonyl (C=O) groups excluding carboxylic acids is 2. The third kappa shape index (κ3) is 5.00. The Morgan fingerprint density at radius 3 is 2.46 bits per heavy atom. The van der Waals surface area contributed by atoms with Crippen molar-refractivity contribution in [1.82, 2.24) is 9.91 Å². The lowest BCUT2D eigenvalue weighted by atomic mass is 9.98. The van der Waals surface area contributed by atoms with Gasteiger partial charge in [0.1, 0.15) is 5.75 Å². The molecule has 3 aromatic rings. The topological polar surface area (TPSA) is 62.2 Å². The van der Waals surface area contributed by atoms with E-state index in [0.29, 0.717) is 6.42 Å². The minimum Gasteiger partial charge on any atom is -0.497 e. The van der Waals surface area contributed by atoms with Gasteiger partial charge in [-0.25, -0.2) is 5.01 Å². The highest BCUT2D eigenvalue weighted by Gasteiger charge is 2.35. The average molecular weight is 488 g/mol. The number of nitrogens with zero attached hydrogens (tertiary/aromatic N) is 3. The molecular weight excluding hydrogens is 458 g/mol. The van der Waals surface area contributed by atoms with E-state index >= 15 is 0 Å². The third-order valence-corrected chi connectivity index (χ3v) is 7.74. The average Bonchev–Trinajstić information content (AvgIpc) is 3.68. The van der Waals surface area contributed by atoms with Crippen molar-refractivity contribution in [3.63, 3.8) is 0 Å². The summed E-state index contributed by atoms with van der Waals surface area (Å²) in [4.78, 5) is 29.6. The maximum absolute atomic E-state index is 13.4. The number of hydrogen-bond donors (Lipinski definition) is 0. The Labute approximate surface area is 209 Å². The van der Waals surface area contributed by atoms with E-state index in [1.165, 1.54) is 4.88 Å². The zero-order valence-corrected chi connectivity index (χ0v) is 20.6. The first-order chi connectivity index (χ1) is 17.1. The van der Waals surface area contributed by atoms with Gasteiger partial charge >= 0.3 is 0 Å². The largest absolute Gasteiger partial charge is 0.497 e.